The topological polar surface area (TPSA) is 78.5 Å². The molecule has 19 heavy (non-hydrogen) atoms. The molecule has 0 bridgehead atoms. The van der Waals surface area contributed by atoms with E-state index in [0.29, 0.717) is 4.88 Å². The van der Waals surface area contributed by atoms with Gasteiger partial charge in [-0.2, -0.15) is 0 Å². The maximum atomic E-state index is 12.3. The number of amides is 1. The Labute approximate surface area is 116 Å². The first-order chi connectivity index (χ1) is 8.95. The third-order valence-corrected chi connectivity index (χ3v) is 5.73. The minimum absolute atomic E-state index is 0.128. The van der Waals surface area contributed by atoms with Crippen LogP contribution in [0, 0.1) is 0 Å². The van der Waals surface area contributed by atoms with Gasteiger partial charge in [-0.1, -0.05) is 0 Å². The molecule has 6 nitrogen and oxygen atoms in total. The molecular formula is C11H17N3O3S2. The Bertz CT molecular complexity index is 561. The van der Waals surface area contributed by atoms with Gasteiger partial charge in [-0.3, -0.25) is 4.79 Å². The van der Waals surface area contributed by atoms with Gasteiger partial charge in [0.2, 0.25) is 10.0 Å². The lowest BCUT2D eigenvalue weighted by Crippen LogP contribution is -2.38. The van der Waals surface area contributed by atoms with Crippen LogP contribution >= 0.6 is 11.3 Å². The van der Waals surface area contributed by atoms with Crippen molar-refractivity contribution < 1.29 is 13.2 Å². The quantitative estimate of drug-likeness (QED) is 0.826. The summed E-state index contributed by atoms with van der Waals surface area (Å²) in [5, 5.41) is 4.69. The van der Waals surface area contributed by atoms with Crippen LogP contribution in [-0.4, -0.2) is 52.5 Å². The number of likely N-dealkylation sites (N-methyl/N-ethyl adjacent to an activating group) is 1. The Morgan fingerprint density at radius 3 is 2.89 bits per heavy atom. The summed E-state index contributed by atoms with van der Waals surface area (Å²) in [6, 6.07) is 1.61. The molecule has 1 aliphatic heterocycles. The van der Waals surface area contributed by atoms with Crippen LogP contribution in [0.3, 0.4) is 0 Å². The van der Waals surface area contributed by atoms with Crippen molar-refractivity contribution in [1.29, 1.82) is 0 Å². The second-order valence-electron chi connectivity index (χ2n) is 4.42. The van der Waals surface area contributed by atoms with E-state index in [1.165, 1.54) is 18.5 Å². The molecule has 106 valence electrons. The van der Waals surface area contributed by atoms with Gasteiger partial charge in [-0.05, 0) is 26.1 Å². The molecular weight excluding hydrogens is 286 g/mol. The fourth-order valence-corrected chi connectivity index (χ4v) is 3.98. The highest BCUT2D eigenvalue weighted by molar-refractivity contribution is 7.89. The second-order valence-corrected chi connectivity index (χ2v) is 7.21. The van der Waals surface area contributed by atoms with Crippen LogP contribution in [0.1, 0.15) is 16.1 Å². The minimum atomic E-state index is -3.48. The lowest BCUT2D eigenvalue weighted by atomic mass is 10.2. The predicted molar refractivity (Wildman–Crippen MR) is 73.9 cm³/mol. The van der Waals surface area contributed by atoms with Gasteiger partial charge in [0.15, 0.2) is 0 Å². The molecule has 0 radical (unpaired) electrons. The van der Waals surface area contributed by atoms with Crippen LogP contribution in [0.25, 0.3) is 0 Å². The van der Waals surface area contributed by atoms with E-state index >= 15 is 0 Å². The molecule has 1 aromatic heterocycles. The fourth-order valence-electron chi connectivity index (χ4n) is 2.00. The molecule has 0 spiro atoms. The van der Waals surface area contributed by atoms with Crippen molar-refractivity contribution in [2.75, 3.05) is 27.2 Å². The van der Waals surface area contributed by atoms with Crippen molar-refractivity contribution in [2.24, 2.45) is 0 Å². The van der Waals surface area contributed by atoms with Crippen molar-refractivity contribution in [2.45, 2.75) is 17.4 Å². The Kier molecular flexibility index (Phi) is 4.24. The Morgan fingerprint density at radius 1 is 1.58 bits per heavy atom. The third kappa shape index (κ3) is 2.97. The van der Waals surface area contributed by atoms with Gasteiger partial charge in [-0.25, -0.2) is 13.1 Å². The lowest BCUT2D eigenvalue weighted by molar-refractivity contribution is 0.0748. The zero-order valence-electron chi connectivity index (χ0n) is 10.8. The van der Waals surface area contributed by atoms with Crippen molar-refractivity contribution in [1.82, 2.24) is 14.9 Å². The molecule has 1 unspecified atom stereocenters. The Balaban J connectivity index is 2.16. The average molecular weight is 303 g/mol. The zero-order valence-corrected chi connectivity index (χ0v) is 12.5. The van der Waals surface area contributed by atoms with Gasteiger partial charge >= 0.3 is 0 Å². The van der Waals surface area contributed by atoms with Crippen LogP contribution < -0.4 is 10.0 Å². The monoisotopic (exact) mass is 303 g/mol. The molecule has 1 fully saturated rings. The summed E-state index contributed by atoms with van der Waals surface area (Å²) in [6.45, 7) is 1.70. The van der Waals surface area contributed by atoms with Gasteiger partial charge < -0.3 is 10.2 Å². The number of nitrogens with one attached hydrogen (secondary N) is 2. The molecule has 2 rings (SSSR count). The molecule has 0 aliphatic carbocycles. The summed E-state index contributed by atoms with van der Waals surface area (Å²) in [6.07, 6.45) is 0.926. The van der Waals surface area contributed by atoms with Crippen LogP contribution in [0.2, 0.25) is 0 Å². The number of carbonyl (C=O) groups excluding carboxylic acids is 1. The van der Waals surface area contributed by atoms with E-state index in [1.54, 1.807) is 11.9 Å². The van der Waals surface area contributed by atoms with E-state index in [1.807, 2.05) is 0 Å². The van der Waals surface area contributed by atoms with Crippen molar-refractivity contribution >= 4 is 27.3 Å². The zero-order chi connectivity index (χ0) is 14.0. The molecule has 1 saturated heterocycles. The summed E-state index contributed by atoms with van der Waals surface area (Å²) < 4.78 is 25.5. The number of nitrogens with zero attached hydrogens (tertiary/aromatic N) is 1. The standard InChI is InChI=1S/C11H17N3O3S2/c1-12-19(16,17)9-5-10(18-7-9)11(15)14(2)8-3-4-13-6-8/h5,7-8,12-13H,3-4,6H2,1-2H3. The Morgan fingerprint density at radius 2 is 2.32 bits per heavy atom. The second kappa shape index (κ2) is 5.58. The van der Waals surface area contributed by atoms with Crippen LogP contribution in [0.15, 0.2) is 16.3 Å². The summed E-state index contributed by atoms with van der Waals surface area (Å²) >= 11 is 1.16. The van der Waals surface area contributed by atoms with E-state index in [0.717, 1.165) is 30.8 Å². The maximum Gasteiger partial charge on any atom is 0.263 e. The first kappa shape index (κ1) is 14.4. The Hall–Kier alpha value is -0.960. The lowest BCUT2D eigenvalue weighted by Gasteiger charge is -2.22. The highest BCUT2D eigenvalue weighted by Crippen LogP contribution is 2.21. The number of hydrogen-bond acceptors (Lipinski definition) is 5. The van der Waals surface area contributed by atoms with Gasteiger partial charge in [0.05, 0.1) is 9.77 Å². The van der Waals surface area contributed by atoms with Crippen LogP contribution in [-0.2, 0) is 10.0 Å². The van der Waals surface area contributed by atoms with E-state index in [2.05, 4.69) is 10.0 Å². The van der Waals surface area contributed by atoms with Gasteiger partial charge in [-0.15, -0.1) is 11.3 Å². The summed E-state index contributed by atoms with van der Waals surface area (Å²) in [5.74, 6) is -0.128. The molecule has 8 heteroatoms. The molecule has 1 aromatic rings. The number of carbonyl (C=O) groups is 1. The SMILES string of the molecule is CNS(=O)(=O)c1csc(C(=O)N(C)C2CCNC2)c1. The average Bonchev–Trinajstić information content (AvgIpc) is 3.07. The molecule has 1 atom stereocenters. The predicted octanol–water partition coefficient (Wildman–Crippen LogP) is 0.0901. The highest BCUT2D eigenvalue weighted by Gasteiger charge is 2.26. The third-order valence-electron chi connectivity index (χ3n) is 3.27. The normalized spacial score (nSPS) is 19.6. The smallest absolute Gasteiger partial charge is 0.263 e. The molecule has 2 N–H and O–H groups in total. The van der Waals surface area contributed by atoms with Gasteiger partial charge in [0.25, 0.3) is 5.91 Å². The minimum Gasteiger partial charge on any atom is -0.337 e. The molecule has 1 amide bonds. The van der Waals surface area contributed by atoms with Crippen molar-refractivity contribution in [3.8, 4) is 0 Å². The van der Waals surface area contributed by atoms with Crippen LogP contribution in [0.4, 0.5) is 0 Å². The molecule has 0 saturated carbocycles. The van der Waals surface area contributed by atoms with E-state index < -0.39 is 10.0 Å². The first-order valence-electron chi connectivity index (χ1n) is 5.95. The molecule has 2 heterocycles. The number of hydrogen-bond donors (Lipinski definition) is 2. The summed E-state index contributed by atoms with van der Waals surface area (Å²) in [7, 11) is -0.370. The van der Waals surface area contributed by atoms with Crippen molar-refractivity contribution in [3.05, 3.63) is 16.3 Å². The summed E-state index contributed by atoms with van der Waals surface area (Å²) in [4.78, 5) is 14.5. The maximum absolute atomic E-state index is 12.3. The molecule has 1 aliphatic rings. The number of rotatable bonds is 4. The highest BCUT2D eigenvalue weighted by atomic mass is 32.2. The first-order valence-corrected chi connectivity index (χ1v) is 8.32. The van der Waals surface area contributed by atoms with Crippen LogP contribution in [0.5, 0.6) is 0 Å². The fraction of sp³-hybridized carbons (Fsp3) is 0.545. The van der Waals surface area contributed by atoms with Gasteiger partial charge in [0, 0.05) is 25.0 Å². The van der Waals surface area contributed by atoms with E-state index in [9.17, 15) is 13.2 Å². The van der Waals surface area contributed by atoms with E-state index in [4.69, 9.17) is 0 Å². The van der Waals surface area contributed by atoms with E-state index in [-0.39, 0.29) is 16.8 Å². The largest absolute Gasteiger partial charge is 0.337 e. The molecule has 0 aromatic carbocycles. The number of sulfonamides is 1. The number of thiophene rings is 1. The summed E-state index contributed by atoms with van der Waals surface area (Å²) in [5.41, 5.74) is 0. The van der Waals surface area contributed by atoms with Crippen molar-refractivity contribution in [3.63, 3.8) is 0 Å². The van der Waals surface area contributed by atoms with Gasteiger partial charge in [0.1, 0.15) is 0 Å².